The van der Waals surface area contributed by atoms with Crippen LogP contribution >= 0.6 is 0 Å². The van der Waals surface area contributed by atoms with Gasteiger partial charge in [-0.25, -0.2) is 0 Å². The van der Waals surface area contributed by atoms with Crippen molar-refractivity contribution < 1.29 is 19.1 Å². The normalized spacial score (nSPS) is 24.2. The lowest BCUT2D eigenvalue weighted by Gasteiger charge is -2.58. The van der Waals surface area contributed by atoms with Crippen molar-refractivity contribution in [3.8, 4) is 0 Å². The minimum atomic E-state index is 0.00918. The Kier molecular flexibility index (Phi) is 38.6. The molecule has 79 heavy (non-hydrogen) atoms. The first-order chi connectivity index (χ1) is 38.6. The first-order valence-electron chi connectivity index (χ1n) is 35.9. The molecule has 0 N–H and O–H groups in total. The number of fused-ring (bicyclic) bond motifs is 5. The van der Waals surface area contributed by atoms with Crippen LogP contribution in [0.3, 0.4) is 0 Å². The number of allylic oxidation sites excluding steroid dienone is 5. The highest BCUT2D eigenvalue weighted by atomic mass is 16.5. The van der Waals surface area contributed by atoms with E-state index in [1.807, 2.05) is 0 Å². The molecule has 0 radical (unpaired) electrons. The van der Waals surface area contributed by atoms with Gasteiger partial charge in [-0.1, -0.05) is 270 Å². The molecule has 0 spiro atoms. The Balaban J connectivity index is 0.822. The number of esters is 2. The lowest BCUT2D eigenvalue weighted by Crippen LogP contribution is -2.51. The summed E-state index contributed by atoms with van der Waals surface area (Å²) in [5, 5.41) is 0. The van der Waals surface area contributed by atoms with Crippen molar-refractivity contribution in [2.75, 3.05) is 6.61 Å². The number of unbranched alkanes of at least 4 members (excludes halogenated alkanes) is 34. The molecule has 0 saturated heterocycles. The molecule has 458 valence electrons. The summed E-state index contributed by atoms with van der Waals surface area (Å²) >= 11 is 0. The molecule has 4 aliphatic carbocycles. The van der Waals surface area contributed by atoms with Crippen molar-refractivity contribution >= 4 is 11.9 Å². The first-order valence-corrected chi connectivity index (χ1v) is 35.9. The molecule has 0 amide bonds. The van der Waals surface area contributed by atoms with Gasteiger partial charge in [0.05, 0.1) is 6.61 Å². The number of hydrogen-bond donors (Lipinski definition) is 0. The number of rotatable bonds is 50. The van der Waals surface area contributed by atoms with E-state index < -0.39 is 0 Å². The van der Waals surface area contributed by atoms with E-state index in [-0.39, 0.29) is 18.0 Å². The van der Waals surface area contributed by atoms with Gasteiger partial charge in [0.2, 0.25) is 0 Å². The van der Waals surface area contributed by atoms with Gasteiger partial charge in [0.1, 0.15) is 6.10 Å². The second kappa shape index (κ2) is 43.8. The fourth-order valence-electron chi connectivity index (χ4n) is 16.1. The Morgan fingerprint density at radius 2 is 0.962 bits per heavy atom. The highest BCUT2D eigenvalue weighted by molar-refractivity contribution is 5.69. The Hall–Kier alpha value is -1.84. The molecule has 3 fully saturated rings. The highest BCUT2D eigenvalue weighted by Gasteiger charge is 2.59. The third-order valence-corrected chi connectivity index (χ3v) is 21.1. The fourth-order valence-corrected chi connectivity index (χ4v) is 16.1. The summed E-state index contributed by atoms with van der Waals surface area (Å²) in [6.07, 6.45) is 77.7. The van der Waals surface area contributed by atoms with Gasteiger partial charge in [-0.2, -0.15) is 0 Å². The van der Waals surface area contributed by atoms with E-state index in [0.29, 0.717) is 30.3 Å². The van der Waals surface area contributed by atoms with Crippen molar-refractivity contribution in [1.29, 1.82) is 0 Å². The highest BCUT2D eigenvalue weighted by Crippen LogP contribution is 2.67. The molecular formula is C75H134O4. The molecule has 0 unspecified atom stereocenters. The first kappa shape index (κ1) is 69.7. The SMILES string of the molecule is CCCCCCCC/C=C\CCCCCCCC(=O)OCCCCCCCC/C=C\CCCCCCCCCCCCCCCCCCCC(=O)O[C@H]1CC[C@@]2(C)C(=CC[C@H]3[C@@H]4CC[C@H]([C@H](C)CCCC(C)C)[C@@]4(C)CC[C@@H]32)C1. The molecule has 0 aromatic heterocycles. The smallest absolute Gasteiger partial charge is 0.306 e. The molecule has 4 nitrogen and oxygen atoms in total. The van der Waals surface area contributed by atoms with Crippen molar-refractivity contribution in [3.05, 3.63) is 36.0 Å². The maximum Gasteiger partial charge on any atom is 0.306 e. The molecule has 8 atom stereocenters. The molecule has 0 aliphatic heterocycles. The van der Waals surface area contributed by atoms with Crippen molar-refractivity contribution in [1.82, 2.24) is 0 Å². The molecule has 0 aromatic rings. The number of hydrogen-bond acceptors (Lipinski definition) is 4. The van der Waals surface area contributed by atoms with Crippen LogP contribution in [-0.4, -0.2) is 24.6 Å². The van der Waals surface area contributed by atoms with Gasteiger partial charge in [0.15, 0.2) is 0 Å². The maximum absolute atomic E-state index is 13.0. The molecule has 3 saturated carbocycles. The molecule has 0 bridgehead atoms. The minimum absolute atomic E-state index is 0.00918. The van der Waals surface area contributed by atoms with Crippen LogP contribution < -0.4 is 0 Å². The van der Waals surface area contributed by atoms with Crippen molar-refractivity contribution in [2.24, 2.45) is 46.3 Å². The molecular weight excluding hydrogens is 965 g/mol. The summed E-state index contributed by atoms with van der Waals surface area (Å²) in [4.78, 5) is 25.1. The summed E-state index contributed by atoms with van der Waals surface area (Å²) in [7, 11) is 0. The van der Waals surface area contributed by atoms with Gasteiger partial charge >= 0.3 is 11.9 Å². The summed E-state index contributed by atoms with van der Waals surface area (Å²) in [6, 6.07) is 0. The van der Waals surface area contributed by atoms with E-state index in [1.54, 1.807) is 5.57 Å². The minimum Gasteiger partial charge on any atom is -0.466 e. The third kappa shape index (κ3) is 29.0. The summed E-state index contributed by atoms with van der Waals surface area (Å²) in [5.41, 5.74) is 2.51. The second-order valence-corrected chi connectivity index (χ2v) is 28.1. The number of ether oxygens (including phenoxy) is 2. The average Bonchev–Trinajstić information content (AvgIpc) is 4.08. The van der Waals surface area contributed by atoms with E-state index in [0.717, 1.165) is 74.0 Å². The molecule has 4 aliphatic rings. The van der Waals surface area contributed by atoms with Crippen LogP contribution in [0.25, 0.3) is 0 Å². The molecule has 0 aromatic carbocycles. The van der Waals surface area contributed by atoms with Gasteiger partial charge in [0.25, 0.3) is 0 Å². The molecule has 0 heterocycles. The van der Waals surface area contributed by atoms with E-state index in [2.05, 4.69) is 71.9 Å². The van der Waals surface area contributed by atoms with Crippen LogP contribution in [0, 0.1) is 46.3 Å². The molecule has 4 heteroatoms. The van der Waals surface area contributed by atoms with E-state index in [4.69, 9.17) is 9.47 Å². The van der Waals surface area contributed by atoms with Gasteiger partial charge in [0, 0.05) is 19.3 Å². The van der Waals surface area contributed by atoms with E-state index >= 15 is 0 Å². The van der Waals surface area contributed by atoms with Crippen molar-refractivity contribution in [3.63, 3.8) is 0 Å². The average molecular weight is 1100 g/mol. The van der Waals surface area contributed by atoms with Crippen LogP contribution in [0.15, 0.2) is 36.0 Å². The van der Waals surface area contributed by atoms with E-state index in [9.17, 15) is 9.59 Å². The largest absolute Gasteiger partial charge is 0.466 e. The summed E-state index contributed by atoms with van der Waals surface area (Å²) in [5.74, 6) is 5.30. The van der Waals surface area contributed by atoms with E-state index in [1.165, 1.54) is 276 Å². The third-order valence-electron chi connectivity index (χ3n) is 21.1. The summed E-state index contributed by atoms with van der Waals surface area (Å²) in [6.45, 7) is 15.6. The lowest BCUT2D eigenvalue weighted by atomic mass is 9.47. The number of carbonyl (C=O) groups is 2. The zero-order chi connectivity index (χ0) is 56.5. The Bertz CT molecular complexity index is 1610. The second-order valence-electron chi connectivity index (χ2n) is 28.1. The standard InChI is InChI=1S/C75H134O4/c1-7-8-9-10-11-12-13-14-28-31-34-37-40-43-46-52-72(76)78-62-48-45-42-39-36-33-30-27-25-23-21-19-17-15-16-18-20-22-24-26-29-32-35-38-41-44-47-53-73(77)79-67-58-60-74(5)66(63-67)54-55-68-70-57-56-69(65(4)51-49-50-64(2)3)75(70,6)61-59-71(68)74/h14,25,27-28,54,64-65,67-71H,7-13,15-24,26,29-53,55-63H2,1-6H3/b27-25-,28-14-/t65-,67+,68+,69-,70+,71+,74+,75-/m1/s1. The van der Waals surface area contributed by atoms with Crippen LogP contribution in [0.4, 0.5) is 0 Å². The monoisotopic (exact) mass is 1100 g/mol. The zero-order valence-corrected chi connectivity index (χ0v) is 53.8. The maximum atomic E-state index is 13.0. The van der Waals surface area contributed by atoms with Gasteiger partial charge < -0.3 is 9.47 Å². The topological polar surface area (TPSA) is 52.6 Å². The summed E-state index contributed by atoms with van der Waals surface area (Å²) < 4.78 is 11.7. The molecule has 4 rings (SSSR count). The van der Waals surface area contributed by atoms with Gasteiger partial charge in [-0.15, -0.1) is 0 Å². The quantitative estimate of drug-likeness (QED) is 0.0346. The Morgan fingerprint density at radius 1 is 0.506 bits per heavy atom. The van der Waals surface area contributed by atoms with Gasteiger partial charge in [-0.3, -0.25) is 9.59 Å². The predicted molar refractivity (Wildman–Crippen MR) is 343 cm³/mol. The van der Waals surface area contributed by atoms with Gasteiger partial charge in [-0.05, 0) is 162 Å². The van der Waals surface area contributed by atoms with Crippen molar-refractivity contribution in [2.45, 2.75) is 375 Å². The Morgan fingerprint density at radius 3 is 1.46 bits per heavy atom. The number of carbonyl (C=O) groups excluding carboxylic acids is 2. The lowest BCUT2D eigenvalue weighted by molar-refractivity contribution is -0.151. The predicted octanol–water partition coefficient (Wildman–Crippen LogP) is 24.2. The fraction of sp³-hybridized carbons (Fsp3) is 0.893. The zero-order valence-electron chi connectivity index (χ0n) is 53.8. The van der Waals surface area contributed by atoms with Crippen LogP contribution in [0.5, 0.6) is 0 Å². The Labute approximate surface area is 492 Å². The van der Waals surface area contributed by atoms with Crippen LogP contribution in [0.2, 0.25) is 0 Å². The van der Waals surface area contributed by atoms with Crippen LogP contribution in [0.1, 0.15) is 369 Å². The van der Waals surface area contributed by atoms with Crippen LogP contribution in [-0.2, 0) is 19.1 Å².